The molecule has 0 spiro atoms. The molecule has 0 saturated carbocycles. The molecule has 0 atom stereocenters. The summed E-state index contributed by atoms with van der Waals surface area (Å²) in [6, 6.07) is 13.0. The van der Waals surface area contributed by atoms with Crippen LogP contribution in [0.15, 0.2) is 52.9 Å². The van der Waals surface area contributed by atoms with Crippen LogP contribution in [0.4, 0.5) is 17.1 Å². The first-order chi connectivity index (χ1) is 16.9. The summed E-state index contributed by atoms with van der Waals surface area (Å²) in [6.45, 7) is 1.29. The standard InChI is InChI=1S/C24H24N4O6S/c1-33-22-8-5-15(21-9-6-17(14-29)34-21)12-18(22)25-24(35)26-23(30)16-4-7-19(20(13-16)28(31)32)27-10-2-3-11-27/h4-9,12-13,29H,2-3,10-11,14H2,1H3,(H2,25,26,30,35). The molecule has 3 N–H and O–H groups in total. The van der Waals surface area contributed by atoms with Crippen molar-refractivity contribution in [3.63, 3.8) is 0 Å². The van der Waals surface area contributed by atoms with Crippen LogP contribution in [0.5, 0.6) is 5.75 Å². The van der Waals surface area contributed by atoms with Gasteiger partial charge >= 0.3 is 0 Å². The molecule has 1 aliphatic heterocycles. The number of nitrogens with zero attached hydrogens (tertiary/aromatic N) is 2. The molecule has 1 saturated heterocycles. The number of anilines is 2. The summed E-state index contributed by atoms with van der Waals surface area (Å²) in [7, 11) is 1.50. The third-order valence-electron chi connectivity index (χ3n) is 5.66. The van der Waals surface area contributed by atoms with Crippen LogP contribution in [0.2, 0.25) is 0 Å². The quantitative estimate of drug-likeness (QED) is 0.252. The van der Waals surface area contributed by atoms with E-state index in [1.807, 2.05) is 4.90 Å². The lowest BCUT2D eigenvalue weighted by molar-refractivity contribution is -0.384. The maximum atomic E-state index is 12.8. The topological polar surface area (TPSA) is 130 Å². The molecule has 2 aromatic carbocycles. The molecule has 3 aromatic rings. The van der Waals surface area contributed by atoms with Gasteiger partial charge in [-0.3, -0.25) is 20.2 Å². The lowest BCUT2D eigenvalue weighted by Crippen LogP contribution is -2.34. The van der Waals surface area contributed by atoms with E-state index < -0.39 is 10.8 Å². The van der Waals surface area contributed by atoms with Gasteiger partial charge in [-0.05, 0) is 67.5 Å². The van der Waals surface area contributed by atoms with Gasteiger partial charge in [0.2, 0.25) is 0 Å². The number of carbonyl (C=O) groups excluding carboxylic acids is 1. The molecule has 1 fully saturated rings. The maximum absolute atomic E-state index is 12.8. The number of amides is 1. The summed E-state index contributed by atoms with van der Waals surface area (Å²) in [5, 5.41) is 26.3. The van der Waals surface area contributed by atoms with E-state index in [-0.39, 0.29) is 23.0 Å². The zero-order chi connectivity index (χ0) is 24.9. The molecule has 4 rings (SSSR count). The van der Waals surface area contributed by atoms with Crippen LogP contribution in [0.1, 0.15) is 29.0 Å². The van der Waals surface area contributed by atoms with Crippen LogP contribution in [-0.4, -0.2) is 41.2 Å². The fourth-order valence-corrected chi connectivity index (χ4v) is 4.14. The van der Waals surface area contributed by atoms with Crippen molar-refractivity contribution in [3.8, 4) is 17.1 Å². The molecule has 1 aromatic heterocycles. The van der Waals surface area contributed by atoms with Crippen LogP contribution in [0.3, 0.4) is 0 Å². The van der Waals surface area contributed by atoms with Crippen molar-refractivity contribution in [1.29, 1.82) is 0 Å². The fourth-order valence-electron chi connectivity index (χ4n) is 3.94. The normalized spacial score (nSPS) is 12.9. The second kappa shape index (κ2) is 10.5. The zero-order valence-corrected chi connectivity index (χ0v) is 19.8. The molecular weight excluding hydrogens is 472 g/mol. The van der Waals surface area contributed by atoms with Crippen LogP contribution < -0.4 is 20.3 Å². The Morgan fingerprint density at radius 3 is 2.63 bits per heavy atom. The number of hydrogen-bond acceptors (Lipinski definition) is 8. The van der Waals surface area contributed by atoms with E-state index in [9.17, 15) is 20.0 Å². The van der Waals surface area contributed by atoms with Crippen LogP contribution in [0.25, 0.3) is 11.3 Å². The second-order valence-corrected chi connectivity index (χ2v) is 8.31. The summed E-state index contributed by atoms with van der Waals surface area (Å²) < 4.78 is 10.9. The molecule has 1 amide bonds. The van der Waals surface area contributed by atoms with E-state index in [1.54, 1.807) is 42.5 Å². The molecule has 0 aliphatic carbocycles. The highest BCUT2D eigenvalue weighted by atomic mass is 32.1. The SMILES string of the molecule is COc1ccc(-c2ccc(CO)o2)cc1NC(=S)NC(=O)c1ccc(N2CCCC2)c([N+](=O)[O-])c1. The number of rotatable bonds is 7. The number of ether oxygens (including phenoxy) is 1. The number of nitro benzene ring substituents is 1. The molecule has 10 nitrogen and oxygen atoms in total. The van der Waals surface area contributed by atoms with Crippen LogP contribution in [-0.2, 0) is 6.61 Å². The monoisotopic (exact) mass is 496 g/mol. The Kier molecular flexibility index (Phi) is 7.28. The fraction of sp³-hybridized carbons (Fsp3) is 0.250. The van der Waals surface area contributed by atoms with Gasteiger partial charge in [-0.25, -0.2) is 0 Å². The largest absolute Gasteiger partial charge is 0.495 e. The molecule has 0 bridgehead atoms. The number of furan rings is 1. The third-order valence-corrected chi connectivity index (χ3v) is 5.86. The van der Waals surface area contributed by atoms with E-state index in [2.05, 4.69) is 10.6 Å². The van der Waals surface area contributed by atoms with Crippen molar-refractivity contribution in [2.75, 3.05) is 30.4 Å². The van der Waals surface area contributed by atoms with E-state index in [4.69, 9.17) is 21.4 Å². The molecule has 35 heavy (non-hydrogen) atoms. The van der Waals surface area contributed by atoms with E-state index in [0.29, 0.717) is 34.2 Å². The average Bonchev–Trinajstić information content (AvgIpc) is 3.56. The molecule has 11 heteroatoms. The number of carbonyl (C=O) groups is 1. The van der Waals surface area contributed by atoms with Gasteiger partial charge in [-0.2, -0.15) is 0 Å². The Labute approximate surface area is 206 Å². The Bertz CT molecular complexity index is 1270. The molecular formula is C24H24N4O6S. The van der Waals surface area contributed by atoms with E-state index >= 15 is 0 Å². The number of thiocarbonyl (C=S) groups is 1. The van der Waals surface area contributed by atoms with Gasteiger partial charge in [0.1, 0.15) is 29.6 Å². The van der Waals surface area contributed by atoms with Gasteiger partial charge in [0, 0.05) is 30.3 Å². The highest BCUT2D eigenvalue weighted by Crippen LogP contribution is 2.33. The smallest absolute Gasteiger partial charge is 0.293 e. The second-order valence-electron chi connectivity index (χ2n) is 7.90. The van der Waals surface area contributed by atoms with E-state index in [0.717, 1.165) is 25.9 Å². The first kappa shape index (κ1) is 24.2. The number of aliphatic hydroxyl groups excluding tert-OH is 1. The molecule has 0 unspecified atom stereocenters. The van der Waals surface area contributed by atoms with E-state index in [1.165, 1.54) is 13.2 Å². The van der Waals surface area contributed by atoms with Gasteiger partial charge in [0.25, 0.3) is 11.6 Å². The summed E-state index contributed by atoms with van der Waals surface area (Å²) in [5.74, 6) is 0.871. The maximum Gasteiger partial charge on any atom is 0.293 e. The van der Waals surface area contributed by atoms with Crippen LogP contribution >= 0.6 is 12.2 Å². The van der Waals surface area contributed by atoms with Crippen molar-refractivity contribution in [3.05, 3.63) is 70.0 Å². The highest BCUT2D eigenvalue weighted by molar-refractivity contribution is 7.80. The Hall–Kier alpha value is -3.96. The average molecular weight is 497 g/mol. The minimum absolute atomic E-state index is 0.00721. The Morgan fingerprint density at radius 1 is 1.20 bits per heavy atom. The number of nitrogens with one attached hydrogen (secondary N) is 2. The van der Waals surface area contributed by atoms with Gasteiger partial charge in [0.15, 0.2) is 5.11 Å². The molecule has 1 aliphatic rings. The van der Waals surface area contributed by atoms with Crippen molar-refractivity contribution < 1.29 is 24.0 Å². The van der Waals surface area contributed by atoms with Crippen molar-refractivity contribution in [2.24, 2.45) is 0 Å². The third kappa shape index (κ3) is 5.42. The Morgan fingerprint density at radius 2 is 1.97 bits per heavy atom. The van der Waals surface area contributed by atoms with Crippen molar-refractivity contribution in [1.82, 2.24) is 5.32 Å². The first-order valence-electron chi connectivity index (χ1n) is 10.9. The van der Waals surface area contributed by atoms with Gasteiger partial charge in [-0.1, -0.05) is 0 Å². The van der Waals surface area contributed by atoms with Gasteiger partial charge in [0.05, 0.1) is 17.7 Å². The number of nitro groups is 1. The first-order valence-corrected chi connectivity index (χ1v) is 11.3. The predicted molar refractivity (Wildman–Crippen MR) is 135 cm³/mol. The van der Waals surface area contributed by atoms with Gasteiger partial charge in [-0.15, -0.1) is 0 Å². The minimum atomic E-state index is -0.577. The number of aliphatic hydroxyl groups is 1. The predicted octanol–water partition coefficient (Wildman–Crippen LogP) is 4.08. The molecule has 2 heterocycles. The minimum Gasteiger partial charge on any atom is -0.495 e. The summed E-state index contributed by atoms with van der Waals surface area (Å²) >= 11 is 5.30. The number of benzene rings is 2. The zero-order valence-electron chi connectivity index (χ0n) is 18.9. The number of methoxy groups -OCH3 is 1. The van der Waals surface area contributed by atoms with Crippen LogP contribution in [0, 0.1) is 10.1 Å². The highest BCUT2D eigenvalue weighted by Gasteiger charge is 2.24. The Balaban J connectivity index is 1.50. The van der Waals surface area contributed by atoms with Gasteiger partial charge < -0.3 is 24.5 Å². The molecule has 0 radical (unpaired) electrons. The summed E-state index contributed by atoms with van der Waals surface area (Å²) in [4.78, 5) is 25.9. The summed E-state index contributed by atoms with van der Waals surface area (Å²) in [5.41, 5.74) is 1.70. The summed E-state index contributed by atoms with van der Waals surface area (Å²) in [6.07, 6.45) is 1.96. The van der Waals surface area contributed by atoms with Crippen molar-refractivity contribution in [2.45, 2.75) is 19.4 Å². The number of hydrogen-bond donors (Lipinski definition) is 3. The van der Waals surface area contributed by atoms with Crippen molar-refractivity contribution >= 4 is 40.3 Å². The molecule has 182 valence electrons. The lowest BCUT2D eigenvalue weighted by Gasteiger charge is -2.18. The lowest BCUT2D eigenvalue weighted by atomic mass is 10.1.